The minimum absolute atomic E-state index is 0.241. The van der Waals surface area contributed by atoms with Crippen molar-refractivity contribution in [2.45, 2.75) is 20.8 Å². The lowest BCUT2D eigenvalue weighted by Crippen LogP contribution is -2.15. The predicted octanol–water partition coefficient (Wildman–Crippen LogP) is 5.05. The molecule has 5 nitrogen and oxygen atoms in total. The number of anilines is 3. The van der Waals surface area contributed by atoms with E-state index in [4.69, 9.17) is 11.6 Å². The molecule has 0 unspecified atom stereocenters. The van der Waals surface area contributed by atoms with Crippen molar-refractivity contribution in [3.63, 3.8) is 0 Å². The summed E-state index contributed by atoms with van der Waals surface area (Å²) >= 11 is 5.93. The quantitative estimate of drug-likeness (QED) is 0.678. The van der Waals surface area contributed by atoms with Crippen LogP contribution in [0, 0.1) is 20.8 Å². The van der Waals surface area contributed by atoms with Crippen molar-refractivity contribution in [3.8, 4) is 0 Å². The van der Waals surface area contributed by atoms with Gasteiger partial charge >= 0.3 is 0 Å². The molecule has 3 aromatic rings. The first-order chi connectivity index (χ1) is 12.4. The molecule has 0 aliphatic heterocycles. The molecule has 2 N–H and O–H groups in total. The summed E-state index contributed by atoms with van der Waals surface area (Å²) in [5.41, 5.74) is 5.09. The van der Waals surface area contributed by atoms with Crippen molar-refractivity contribution in [1.29, 1.82) is 0 Å². The molecular weight excluding hydrogens is 348 g/mol. The monoisotopic (exact) mass is 366 g/mol. The lowest BCUT2D eigenvalue weighted by Gasteiger charge is -2.10. The lowest BCUT2D eigenvalue weighted by molar-refractivity contribution is 0.102. The fourth-order valence-electron chi connectivity index (χ4n) is 2.56. The molecule has 3 rings (SSSR count). The molecule has 0 saturated heterocycles. The van der Waals surface area contributed by atoms with Gasteiger partial charge in [-0.2, -0.15) is 0 Å². The highest BCUT2D eigenvalue weighted by atomic mass is 35.5. The maximum Gasteiger partial charge on any atom is 0.275 e. The van der Waals surface area contributed by atoms with Gasteiger partial charge in [0.05, 0.1) is 12.4 Å². The van der Waals surface area contributed by atoms with Crippen LogP contribution < -0.4 is 10.6 Å². The highest BCUT2D eigenvalue weighted by Gasteiger charge is 2.10. The minimum atomic E-state index is -0.319. The molecule has 0 fully saturated rings. The number of carbonyl (C=O) groups is 1. The molecule has 0 radical (unpaired) electrons. The van der Waals surface area contributed by atoms with E-state index in [1.807, 2.05) is 32.9 Å². The maximum absolute atomic E-state index is 12.3. The zero-order valence-corrected chi connectivity index (χ0v) is 15.6. The van der Waals surface area contributed by atoms with Crippen LogP contribution in [-0.4, -0.2) is 15.9 Å². The number of benzene rings is 2. The second-order valence-corrected chi connectivity index (χ2v) is 6.58. The Kier molecular flexibility index (Phi) is 5.19. The molecule has 0 saturated carbocycles. The summed E-state index contributed by atoms with van der Waals surface area (Å²) in [6, 6.07) is 11.4. The Balaban J connectivity index is 1.71. The average Bonchev–Trinajstić information content (AvgIpc) is 2.60. The summed E-state index contributed by atoms with van der Waals surface area (Å²) in [6.45, 7) is 5.95. The van der Waals surface area contributed by atoms with E-state index in [1.54, 1.807) is 24.4 Å². The van der Waals surface area contributed by atoms with Crippen molar-refractivity contribution < 1.29 is 4.79 Å². The Bertz CT molecular complexity index is 955. The van der Waals surface area contributed by atoms with Crippen LogP contribution in [0.1, 0.15) is 27.2 Å². The highest BCUT2D eigenvalue weighted by molar-refractivity contribution is 6.30. The van der Waals surface area contributed by atoms with Crippen LogP contribution in [0.25, 0.3) is 0 Å². The summed E-state index contributed by atoms with van der Waals surface area (Å²) in [4.78, 5) is 20.8. The van der Waals surface area contributed by atoms with E-state index in [2.05, 4.69) is 26.7 Å². The van der Waals surface area contributed by atoms with Crippen LogP contribution in [0.2, 0.25) is 5.02 Å². The molecule has 0 aliphatic carbocycles. The molecule has 0 spiro atoms. The minimum Gasteiger partial charge on any atom is -0.339 e. The number of aryl methyl sites for hydroxylation is 3. The van der Waals surface area contributed by atoms with E-state index >= 15 is 0 Å². The Hall–Kier alpha value is -2.92. The first kappa shape index (κ1) is 17.9. The lowest BCUT2D eigenvalue weighted by atomic mass is 10.1. The molecule has 1 aromatic heterocycles. The summed E-state index contributed by atoms with van der Waals surface area (Å²) in [7, 11) is 0. The van der Waals surface area contributed by atoms with Crippen molar-refractivity contribution in [3.05, 3.63) is 76.2 Å². The van der Waals surface area contributed by atoms with Crippen LogP contribution in [0.15, 0.2) is 48.8 Å². The van der Waals surface area contributed by atoms with Gasteiger partial charge in [-0.25, -0.2) is 9.97 Å². The van der Waals surface area contributed by atoms with Crippen LogP contribution >= 0.6 is 11.6 Å². The largest absolute Gasteiger partial charge is 0.339 e. The summed E-state index contributed by atoms with van der Waals surface area (Å²) in [5.74, 6) is 0.261. The number of carbonyl (C=O) groups excluding carboxylic acids is 1. The normalized spacial score (nSPS) is 10.5. The van der Waals surface area contributed by atoms with Gasteiger partial charge in [0.25, 0.3) is 5.91 Å². The fourth-order valence-corrected chi connectivity index (χ4v) is 2.78. The van der Waals surface area contributed by atoms with Crippen molar-refractivity contribution in [2.24, 2.45) is 0 Å². The fraction of sp³-hybridized carbons (Fsp3) is 0.150. The topological polar surface area (TPSA) is 66.9 Å². The first-order valence-corrected chi connectivity index (χ1v) is 8.54. The third-order valence-corrected chi connectivity index (χ3v) is 4.20. The second kappa shape index (κ2) is 7.54. The van der Waals surface area contributed by atoms with E-state index in [-0.39, 0.29) is 11.6 Å². The molecule has 0 aliphatic rings. The third-order valence-electron chi connectivity index (χ3n) is 3.97. The number of hydrogen-bond acceptors (Lipinski definition) is 4. The number of nitrogens with zero attached hydrogens (tertiary/aromatic N) is 2. The highest BCUT2D eigenvalue weighted by Crippen LogP contribution is 2.21. The molecule has 1 heterocycles. The summed E-state index contributed by atoms with van der Waals surface area (Å²) in [6.07, 6.45) is 3.00. The van der Waals surface area contributed by atoms with E-state index in [0.717, 1.165) is 16.8 Å². The van der Waals surface area contributed by atoms with Crippen molar-refractivity contribution >= 4 is 34.7 Å². The maximum atomic E-state index is 12.3. The van der Waals surface area contributed by atoms with Gasteiger partial charge in [-0.05, 0) is 56.2 Å². The SMILES string of the molecule is Cc1ccc(Nc2cnc(C(=O)Nc3ccc(Cl)cc3C)cn2)c(C)c1. The van der Waals surface area contributed by atoms with Gasteiger partial charge in [0.1, 0.15) is 11.5 Å². The zero-order valence-electron chi connectivity index (χ0n) is 14.8. The van der Waals surface area contributed by atoms with E-state index in [1.165, 1.54) is 11.8 Å². The summed E-state index contributed by atoms with van der Waals surface area (Å²) in [5, 5.41) is 6.66. The Morgan fingerprint density at radius 1 is 0.923 bits per heavy atom. The van der Waals surface area contributed by atoms with Gasteiger partial charge in [0.15, 0.2) is 0 Å². The number of aromatic nitrogens is 2. The van der Waals surface area contributed by atoms with Gasteiger partial charge in [-0.3, -0.25) is 4.79 Å². The van der Waals surface area contributed by atoms with Crippen molar-refractivity contribution in [1.82, 2.24) is 9.97 Å². The number of rotatable bonds is 4. The summed E-state index contributed by atoms with van der Waals surface area (Å²) < 4.78 is 0. The Morgan fingerprint density at radius 3 is 2.31 bits per heavy atom. The van der Waals surface area contributed by atoms with Gasteiger partial charge in [-0.1, -0.05) is 29.3 Å². The van der Waals surface area contributed by atoms with Crippen LogP contribution in [-0.2, 0) is 0 Å². The van der Waals surface area contributed by atoms with Gasteiger partial charge in [0, 0.05) is 16.4 Å². The molecular formula is C20H19ClN4O. The predicted molar refractivity (Wildman–Crippen MR) is 105 cm³/mol. The Labute approximate surface area is 157 Å². The number of hydrogen-bond donors (Lipinski definition) is 2. The molecule has 1 amide bonds. The molecule has 6 heteroatoms. The molecule has 0 bridgehead atoms. The number of halogens is 1. The third kappa shape index (κ3) is 4.18. The van der Waals surface area contributed by atoms with Crippen LogP contribution in [0.4, 0.5) is 17.2 Å². The molecule has 2 aromatic carbocycles. The molecule has 0 atom stereocenters. The van der Waals surface area contributed by atoms with E-state index in [0.29, 0.717) is 16.5 Å². The molecule has 132 valence electrons. The number of amides is 1. The van der Waals surface area contributed by atoms with Crippen LogP contribution in [0.5, 0.6) is 0 Å². The first-order valence-electron chi connectivity index (χ1n) is 8.16. The van der Waals surface area contributed by atoms with Crippen molar-refractivity contribution in [2.75, 3.05) is 10.6 Å². The smallest absolute Gasteiger partial charge is 0.275 e. The standard InChI is InChI=1S/C20H19ClN4O/c1-12-4-6-16(13(2)8-12)24-19-11-22-18(10-23-19)20(26)25-17-7-5-15(21)9-14(17)3/h4-11H,1-3H3,(H,23,24)(H,25,26). The van der Waals surface area contributed by atoms with Crippen LogP contribution in [0.3, 0.4) is 0 Å². The van der Waals surface area contributed by atoms with E-state index < -0.39 is 0 Å². The number of nitrogens with one attached hydrogen (secondary N) is 2. The van der Waals surface area contributed by atoms with Gasteiger partial charge in [0.2, 0.25) is 0 Å². The Morgan fingerprint density at radius 2 is 1.65 bits per heavy atom. The van der Waals surface area contributed by atoms with Gasteiger partial charge in [-0.15, -0.1) is 0 Å². The van der Waals surface area contributed by atoms with E-state index in [9.17, 15) is 4.79 Å². The van der Waals surface area contributed by atoms with Gasteiger partial charge < -0.3 is 10.6 Å². The molecule has 26 heavy (non-hydrogen) atoms. The average molecular weight is 367 g/mol. The zero-order chi connectivity index (χ0) is 18.7. The second-order valence-electron chi connectivity index (χ2n) is 6.14.